The molecule has 0 unspecified atom stereocenters. The molecule has 0 aromatic heterocycles. The van der Waals surface area contributed by atoms with Crippen LogP contribution in [0.1, 0.15) is 6.92 Å². The molecule has 0 aliphatic carbocycles. The van der Waals surface area contributed by atoms with Crippen molar-refractivity contribution in [2.24, 2.45) is 0 Å². The molecule has 0 saturated carbocycles. The Labute approximate surface area is 123 Å². The van der Waals surface area contributed by atoms with E-state index in [1.807, 2.05) is 11.8 Å². The van der Waals surface area contributed by atoms with Crippen LogP contribution >= 0.6 is 0 Å². The summed E-state index contributed by atoms with van der Waals surface area (Å²) in [6.07, 6.45) is 0. The van der Waals surface area contributed by atoms with Gasteiger partial charge in [0.1, 0.15) is 5.82 Å². The van der Waals surface area contributed by atoms with Crippen LogP contribution in [0.4, 0.5) is 21.5 Å². The fourth-order valence-corrected chi connectivity index (χ4v) is 2.03. The number of nitrogens with one attached hydrogen (secondary N) is 1. The van der Waals surface area contributed by atoms with Crippen LogP contribution in [0, 0.1) is 5.82 Å². The number of carbonyl (C=O) groups is 1. The first-order valence-electron chi connectivity index (χ1n) is 6.74. The Morgan fingerprint density at radius 1 is 1.24 bits per heavy atom. The molecule has 0 heterocycles. The molecule has 4 nitrogen and oxygen atoms in total. The quantitative estimate of drug-likeness (QED) is 0.831. The maximum atomic E-state index is 12.9. The number of amides is 1. The number of carbonyl (C=O) groups excluding carboxylic acids is 1. The molecule has 0 aliphatic heterocycles. The molecule has 2 aromatic carbocycles. The molecular formula is C16H18FN3O. The molecule has 21 heavy (non-hydrogen) atoms. The number of hydrogen-bond acceptors (Lipinski definition) is 3. The van der Waals surface area contributed by atoms with Crippen LogP contribution in [-0.4, -0.2) is 19.0 Å². The molecule has 2 rings (SSSR count). The van der Waals surface area contributed by atoms with E-state index in [0.717, 1.165) is 5.69 Å². The molecule has 2 aromatic rings. The van der Waals surface area contributed by atoms with E-state index in [4.69, 9.17) is 5.73 Å². The minimum atomic E-state index is -0.293. The van der Waals surface area contributed by atoms with Crippen molar-refractivity contribution in [1.29, 1.82) is 0 Å². The van der Waals surface area contributed by atoms with Crippen LogP contribution < -0.4 is 16.0 Å². The lowest BCUT2D eigenvalue weighted by Crippen LogP contribution is -2.33. The second-order valence-electron chi connectivity index (χ2n) is 4.66. The number of likely N-dealkylation sites (N-methyl/N-ethyl adjacent to an activating group) is 1. The van der Waals surface area contributed by atoms with Crippen molar-refractivity contribution in [3.63, 3.8) is 0 Å². The van der Waals surface area contributed by atoms with Gasteiger partial charge in [-0.25, -0.2) is 4.39 Å². The Morgan fingerprint density at radius 3 is 2.57 bits per heavy atom. The molecule has 5 heteroatoms. The van der Waals surface area contributed by atoms with E-state index in [2.05, 4.69) is 5.32 Å². The zero-order chi connectivity index (χ0) is 15.2. The van der Waals surface area contributed by atoms with Crippen molar-refractivity contribution in [3.8, 4) is 0 Å². The summed E-state index contributed by atoms with van der Waals surface area (Å²) in [5.74, 6) is -0.439. The second kappa shape index (κ2) is 6.74. The van der Waals surface area contributed by atoms with Crippen LogP contribution in [0.5, 0.6) is 0 Å². The molecule has 0 aliphatic rings. The molecule has 0 spiro atoms. The number of hydrogen-bond donors (Lipinski definition) is 2. The first-order chi connectivity index (χ1) is 10.1. The molecule has 1 amide bonds. The van der Waals surface area contributed by atoms with Crippen molar-refractivity contribution < 1.29 is 9.18 Å². The third-order valence-electron chi connectivity index (χ3n) is 3.08. The fourth-order valence-electron chi connectivity index (χ4n) is 2.03. The maximum absolute atomic E-state index is 12.9. The molecule has 0 saturated heterocycles. The van der Waals surface area contributed by atoms with Crippen molar-refractivity contribution in [3.05, 3.63) is 54.3 Å². The number of nitrogens with two attached hydrogens (primary N) is 1. The van der Waals surface area contributed by atoms with Crippen molar-refractivity contribution in [1.82, 2.24) is 0 Å². The first-order valence-corrected chi connectivity index (χ1v) is 6.74. The lowest BCUT2D eigenvalue weighted by atomic mass is 10.2. The minimum Gasteiger partial charge on any atom is -0.399 e. The van der Waals surface area contributed by atoms with Gasteiger partial charge in [0.2, 0.25) is 5.91 Å². The largest absolute Gasteiger partial charge is 0.399 e. The fraction of sp³-hybridized carbons (Fsp3) is 0.188. The molecular weight excluding hydrogens is 269 g/mol. The van der Waals surface area contributed by atoms with Crippen LogP contribution in [-0.2, 0) is 4.79 Å². The summed E-state index contributed by atoms with van der Waals surface area (Å²) in [5.41, 5.74) is 7.73. The smallest absolute Gasteiger partial charge is 0.243 e. The van der Waals surface area contributed by atoms with Crippen LogP contribution in [0.25, 0.3) is 0 Å². The molecule has 0 fully saturated rings. The van der Waals surface area contributed by atoms with E-state index < -0.39 is 0 Å². The molecule has 0 atom stereocenters. The van der Waals surface area contributed by atoms with Gasteiger partial charge in [0.05, 0.1) is 6.54 Å². The first kappa shape index (κ1) is 14.8. The van der Waals surface area contributed by atoms with E-state index in [9.17, 15) is 9.18 Å². The number of nitrogen functional groups attached to an aromatic ring is 1. The van der Waals surface area contributed by atoms with E-state index in [1.165, 1.54) is 12.1 Å². The zero-order valence-corrected chi connectivity index (χ0v) is 11.8. The summed E-state index contributed by atoms with van der Waals surface area (Å²) in [7, 11) is 0. The standard InChI is InChI=1S/C16H18FN3O/c1-2-20(15-8-6-12(17)7-9-15)11-16(21)19-14-5-3-4-13(18)10-14/h3-10H,2,11,18H2,1H3,(H,19,21). The highest BCUT2D eigenvalue weighted by molar-refractivity contribution is 5.94. The predicted molar refractivity (Wildman–Crippen MR) is 83.8 cm³/mol. The highest BCUT2D eigenvalue weighted by Crippen LogP contribution is 2.15. The van der Waals surface area contributed by atoms with Crippen molar-refractivity contribution in [2.45, 2.75) is 6.92 Å². The minimum absolute atomic E-state index is 0.147. The number of rotatable bonds is 5. The lowest BCUT2D eigenvalue weighted by Gasteiger charge is -2.22. The van der Waals surface area contributed by atoms with Gasteiger partial charge in [-0.2, -0.15) is 0 Å². The van der Waals surface area contributed by atoms with Gasteiger partial charge in [-0.15, -0.1) is 0 Å². The van der Waals surface area contributed by atoms with Gasteiger partial charge in [0, 0.05) is 23.6 Å². The summed E-state index contributed by atoms with van der Waals surface area (Å²) in [6.45, 7) is 2.78. The van der Waals surface area contributed by atoms with Gasteiger partial charge in [-0.1, -0.05) is 6.07 Å². The number of anilines is 3. The third-order valence-corrected chi connectivity index (χ3v) is 3.08. The Hall–Kier alpha value is -2.56. The Morgan fingerprint density at radius 2 is 1.95 bits per heavy atom. The second-order valence-corrected chi connectivity index (χ2v) is 4.66. The highest BCUT2D eigenvalue weighted by atomic mass is 19.1. The van der Waals surface area contributed by atoms with E-state index in [-0.39, 0.29) is 18.3 Å². The molecule has 110 valence electrons. The van der Waals surface area contributed by atoms with E-state index in [0.29, 0.717) is 17.9 Å². The third kappa shape index (κ3) is 4.21. The number of halogens is 1. The summed E-state index contributed by atoms with van der Waals surface area (Å²) in [4.78, 5) is 13.9. The van der Waals surface area contributed by atoms with Gasteiger partial charge in [-0.05, 0) is 49.4 Å². The Bertz CT molecular complexity index is 613. The van der Waals surface area contributed by atoms with Crippen LogP contribution in [0.2, 0.25) is 0 Å². The van der Waals surface area contributed by atoms with Gasteiger partial charge in [0.15, 0.2) is 0 Å². The Kier molecular flexibility index (Phi) is 4.77. The van der Waals surface area contributed by atoms with Crippen molar-refractivity contribution >= 4 is 23.0 Å². The SMILES string of the molecule is CCN(CC(=O)Nc1cccc(N)c1)c1ccc(F)cc1. The molecule has 0 radical (unpaired) electrons. The average molecular weight is 287 g/mol. The average Bonchev–Trinajstić information content (AvgIpc) is 2.46. The summed E-state index contributed by atoms with van der Waals surface area (Å²) in [5, 5.41) is 2.79. The highest BCUT2D eigenvalue weighted by Gasteiger charge is 2.10. The zero-order valence-electron chi connectivity index (χ0n) is 11.8. The van der Waals surface area contributed by atoms with Crippen LogP contribution in [0.3, 0.4) is 0 Å². The van der Waals surface area contributed by atoms with E-state index >= 15 is 0 Å². The van der Waals surface area contributed by atoms with E-state index in [1.54, 1.807) is 36.4 Å². The number of nitrogens with zero attached hydrogens (tertiary/aromatic N) is 1. The van der Waals surface area contributed by atoms with Crippen LogP contribution in [0.15, 0.2) is 48.5 Å². The van der Waals surface area contributed by atoms with Gasteiger partial charge in [-0.3, -0.25) is 4.79 Å². The lowest BCUT2D eigenvalue weighted by molar-refractivity contribution is -0.115. The maximum Gasteiger partial charge on any atom is 0.243 e. The Balaban J connectivity index is 2.01. The monoisotopic (exact) mass is 287 g/mol. The van der Waals surface area contributed by atoms with Gasteiger partial charge in [0.25, 0.3) is 0 Å². The normalized spacial score (nSPS) is 10.2. The van der Waals surface area contributed by atoms with Gasteiger partial charge >= 0.3 is 0 Å². The van der Waals surface area contributed by atoms with Crippen molar-refractivity contribution in [2.75, 3.05) is 29.0 Å². The summed E-state index contributed by atoms with van der Waals surface area (Å²) in [6, 6.07) is 13.1. The van der Waals surface area contributed by atoms with Gasteiger partial charge < -0.3 is 16.0 Å². The topological polar surface area (TPSA) is 58.4 Å². The summed E-state index contributed by atoms with van der Waals surface area (Å²) < 4.78 is 12.9. The predicted octanol–water partition coefficient (Wildman–Crippen LogP) is 2.87. The molecule has 0 bridgehead atoms. The molecule has 3 N–H and O–H groups in total. The summed E-state index contributed by atoms with van der Waals surface area (Å²) >= 11 is 0. The number of benzene rings is 2.